The number of hydrogen-bond acceptors (Lipinski definition) is 1. The third kappa shape index (κ3) is 2.99. The zero-order valence-electron chi connectivity index (χ0n) is 11.0. The largest absolute Gasteiger partial charge is 1.00 e. The lowest BCUT2D eigenvalue weighted by Gasteiger charge is -2.47. The van der Waals surface area contributed by atoms with E-state index in [1.807, 2.05) is 0 Å². The second-order valence-corrected chi connectivity index (χ2v) is 5.62. The van der Waals surface area contributed by atoms with E-state index in [2.05, 4.69) is 35.2 Å². The van der Waals surface area contributed by atoms with Crippen LogP contribution in [-0.4, -0.2) is 43.8 Å². The Hall–Kier alpha value is -0.290. The van der Waals surface area contributed by atoms with E-state index >= 15 is 0 Å². The van der Waals surface area contributed by atoms with Crippen molar-refractivity contribution >= 4 is 5.69 Å². The number of piperazine rings is 1. The maximum Gasteiger partial charge on any atom is 0.0965 e. The van der Waals surface area contributed by atoms with Gasteiger partial charge in [0, 0.05) is 5.69 Å². The van der Waals surface area contributed by atoms with Gasteiger partial charge in [0.2, 0.25) is 0 Å². The van der Waals surface area contributed by atoms with Gasteiger partial charge in [0.1, 0.15) is 0 Å². The van der Waals surface area contributed by atoms with Gasteiger partial charge in [-0.25, -0.2) is 0 Å². The van der Waals surface area contributed by atoms with Crippen molar-refractivity contribution in [2.75, 3.05) is 44.2 Å². The van der Waals surface area contributed by atoms with E-state index in [-0.39, 0.29) is 24.0 Å². The molecule has 2 fully saturated rings. The number of piperidine rings is 1. The Morgan fingerprint density at radius 2 is 1.39 bits per heavy atom. The molecule has 1 spiro atoms. The Morgan fingerprint density at radius 3 is 2.00 bits per heavy atom. The summed E-state index contributed by atoms with van der Waals surface area (Å²) >= 11 is 0. The summed E-state index contributed by atoms with van der Waals surface area (Å²) in [5, 5.41) is 0. The van der Waals surface area contributed by atoms with Gasteiger partial charge in [0.25, 0.3) is 0 Å². The second-order valence-electron chi connectivity index (χ2n) is 5.62. The average Bonchev–Trinajstić information content (AvgIpc) is 2.42. The van der Waals surface area contributed by atoms with Gasteiger partial charge in [-0.2, -0.15) is 0 Å². The fourth-order valence-corrected chi connectivity index (χ4v) is 3.42. The predicted molar refractivity (Wildman–Crippen MR) is 72.2 cm³/mol. The van der Waals surface area contributed by atoms with Crippen LogP contribution in [0.15, 0.2) is 30.3 Å². The highest BCUT2D eigenvalue weighted by molar-refractivity contribution is 5.46. The zero-order chi connectivity index (χ0) is 11.6. The van der Waals surface area contributed by atoms with Crippen LogP contribution >= 0.6 is 0 Å². The number of hydrogen-bond donors (Lipinski definition) is 0. The fourth-order valence-electron chi connectivity index (χ4n) is 3.42. The van der Waals surface area contributed by atoms with E-state index in [9.17, 15) is 0 Å². The van der Waals surface area contributed by atoms with Crippen molar-refractivity contribution < 1.29 is 28.5 Å². The van der Waals surface area contributed by atoms with Crippen LogP contribution in [0.5, 0.6) is 0 Å². The van der Waals surface area contributed by atoms with Crippen molar-refractivity contribution in [1.82, 2.24) is 0 Å². The fraction of sp³-hybridized carbons (Fsp3) is 0.600. The van der Waals surface area contributed by atoms with E-state index in [1.165, 1.54) is 68.7 Å². The molecule has 3 heteroatoms. The van der Waals surface area contributed by atoms with Crippen LogP contribution < -0.4 is 28.9 Å². The second kappa shape index (κ2) is 6.24. The molecule has 0 radical (unpaired) electrons. The number of quaternary nitrogens is 1. The molecule has 2 aliphatic heterocycles. The topological polar surface area (TPSA) is 3.24 Å². The molecule has 2 nitrogen and oxygen atoms in total. The third-order valence-electron chi connectivity index (χ3n) is 4.57. The van der Waals surface area contributed by atoms with Gasteiger partial charge in [-0.15, -0.1) is 0 Å². The zero-order valence-corrected chi connectivity index (χ0v) is 13.2. The van der Waals surface area contributed by atoms with Crippen LogP contribution in [0.25, 0.3) is 0 Å². The summed E-state index contributed by atoms with van der Waals surface area (Å²) in [5.41, 5.74) is 1.40. The van der Waals surface area contributed by atoms with Crippen molar-refractivity contribution in [3.8, 4) is 0 Å². The van der Waals surface area contributed by atoms with Crippen LogP contribution in [0.3, 0.4) is 0 Å². The van der Waals surface area contributed by atoms with Crippen LogP contribution in [-0.2, 0) is 0 Å². The lowest BCUT2D eigenvalue weighted by Crippen LogP contribution is -3.00. The summed E-state index contributed by atoms with van der Waals surface area (Å²) in [4.78, 5) is 2.55. The van der Waals surface area contributed by atoms with Gasteiger partial charge >= 0.3 is 0 Å². The Bertz CT molecular complexity index is 350. The third-order valence-corrected chi connectivity index (χ3v) is 4.57. The smallest absolute Gasteiger partial charge is 0.0965 e. The molecule has 0 N–H and O–H groups in total. The first-order chi connectivity index (χ1) is 8.38. The SMILES string of the molecule is [I-].c1ccc(N2CC[N+]3(CCCCC3)CC2)cc1. The van der Waals surface area contributed by atoms with Gasteiger partial charge < -0.3 is 33.4 Å². The highest BCUT2D eigenvalue weighted by Gasteiger charge is 2.33. The number of rotatable bonds is 1. The van der Waals surface area contributed by atoms with E-state index in [0.717, 1.165) is 0 Å². The summed E-state index contributed by atoms with van der Waals surface area (Å²) in [7, 11) is 0. The van der Waals surface area contributed by atoms with Gasteiger partial charge in [-0.1, -0.05) is 18.2 Å². The lowest BCUT2D eigenvalue weighted by atomic mass is 10.1. The number of benzene rings is 1. The molecule has 0 aliphatic carbocycles. The van der Waals surface area contributed by atoms with E-state index < -0.39 is 0 Å². The highest BCUT2D eigenvalue weighted by atomic mass is 127. The number of anilines is 1. The maximum atomic E-state index is 2.55. The van der Waals surface area contributed by atoms with E-state index in [4.69, 9.17) is 0 Å². The molecule has 18 heavy (non-hydrogen) atoms. The average molecular weight is 358 g/mol. The van der Waals surface area contributed by atoms with Gasteiger partial charge in [0.05, 0.1) is 39.3 Å². The summed E-state index contributed by atoms with van der Waals surface area (Å²) in [6.07, 6.45) is 4.36. The minimum Gasteiger partial charge on any atom is -1.00 e. The molecule has 2 heterocycles. The summed E-state index contributed by atoms with van der Waals surface area (Å²) < 4.78 is 1.41. The highest BCUT2D eigenvalue weighted by Crippen LogP contribution is 2.24. The first-order valence-electron chi connectivity index (χ1n) is 7.03. The van der Waals surface area contributed by atoms with Crippen LogP contribution in [0.1, 0.15) is 19.3 Å². The van der Waals surface area contributed by atoms with Crippen molar-refractivity contribution in [1.29, 1.82) is 0 Å². The van der Waals surface area contributed by atoms with Crippen LogP contribution in [0, 0.1) is 0 Å². The van der Waals surface area contributed by atoms with Crippen molar-refractivity contribution in [3.05, 3.63) is 30.3 Å². The Morgan fingerprint density at radius 1 is 0.778 bits per heavy atom. The first-order valence-corrected chi connectivity index (χ1v) is 7.03. The molecule has 1 aromatic carbocycles. The minimum absolute atomic E-state index is 0. The Kier molecular flexibility index (Phi) is 4.90. The number of para-hydroxylation sites is 1. The summed E-state index contributed by atoms with van der Waals surface area (Å²) in [6, 6.07) is 10.9. The monoisotopic (exact) mass is 358 g/mol. The molecule has 0 unspecified atom stereocenters. The maximum absolute atomic E-state index is 2.55. The summed E-state index contributed by atoms with van der Waals surface area (Å²) in [5.74, 6) is 0. The standard InChI is InChI=1S/C15H23N2.HI/c1-3-7-15(8-4-1)16-9-13-17(14-10-16)11-5-2-6-12-17;/h1,3-4,7-8H,2,5-6,9-14H2;1H/q+1;/p-1. The van der Waals surface area contributed by atoms with Crippen LogP contribution in [0.4, 0.5) is 5.69 Å². The molecule has 1 aromatic rings. The number of halogens is 1. The number of nitrogens with zero attached hydrogens (tertiary/aromatic N) is 2. The quantitative estimate of drug-likeness (QED) is 0.484. The molecule has 0 saturated carbocycles. The predicted octanol–water partition coefficient (Wildman–Crippen LogP) is -0.489. The van der Waals surface area contributed by atoms with Crippen molar-refractivity contribution in [2.45, 2.75) is 19.3 Å². The molecule has 0 amide bonds. The molecule has 0 atom stereocenters. The summed E-state index contributed by atoms with van der Waals surface area (Å²) in [6.45, 7) is 8.06. The van der Waals surface area contributed by atoms with Gasteiger partial charge in [-0.3, -0.25) is 0 Å². The minimum atomic E-state index is 0. The van der Waals surface area contributed by atoms with E-state index in [0.29, 0.717) is 0 Å². The lowest BCUT2D eigenvalue weighted by molar-refractivity contribution is -0.932. The van der Waals surface area contributed by atoms with Gasteiger partial charge in [-0.05, 0) is 31.4 Å². The molecule has 2 aliphatic rings. The van der Waals surface area contributed by atoms with Crippen molar-refractivity contribution in [3.63, 3.8) is 0 Å². The molecule has 3 rings (SSSR count). The normalized spacial score (nSPS) is 22.6. The molecular weight excluding hydrogens is 335 g/mol. The molecule has 2 saturated heterocycles. The Balaban J connectivity index is 0.00000120. The van der Waals surface area contributed by atoms with Gasteiger partial charge in [0.15, 0.2) is 0 Å². The van der Waals surface area contributed by atoms with Crippen LogP contribution in [0.2, 0.25) is 0 Å². The van der Waals surface area contributed by atoms with E-state index in [1.54, 1.807) is 0 Å². The molecule has 0 bridgehead atoms. The molecular formula is C15H23IN2. The first kappa shape index (κ1) is 14.1. The van der Waals surface area contributed by atoms with Crippen molar-refractivity contribution in [2.24, 2.45) is 0 Å². The Labute approximate surface area is 128 Å². The molecule has 0 aromatic heterocycles. The molecule has 100 valence electrons.